The maximum Gasteiger partial charge on any atom is 0.191 e. The Morgan fingerprint density at radius 3 is 2.89 bits per heavy atom. The molecule has 3 rings (SSSR count). The number of aromatic nitrogens is 3. The van der Waals surface area contributed by atoms with Gasteiger partial charge in [-0.05, 0) is 6.07 Å². The van der Waals surface area contributed by atoms with Crippen LogP contribution in [0.3, 0.4) is 0 Å². The van der Waals surface area contributed by atoms with E-state index in [0.29, 0.717) is 26.5 Å². The van der Waals surface area contributed by atoms with Crippen molar-refractivity contribution in [2.75, 3.05) is 31.4 Å². The highest BCUT2D eigenvalue weighted by molar-refractivity contribution is 7.98. The minimum Gasteiger partial charge on any atom is -0.394 e. The van der Waals surface area contributed by atoms with Crippen LogP contribution in [0.1, 0.15) is 5.56 Å². The van der Waals surface area contributed by atoms with Crippen LogP contribution in [-0.4, -0.2) is 46.4 Å². The Kier molecular flexibility index (Phi) is 6.37. The fraction of sp³-hybridized carbons (Fsp3) is 0.312. The van der Waals surface area contributed by atoms with Crippen LogP contribution < -0.4 is 11.1 Å². The summed E-state index contributed by atoms with van der Waals surface area (Å²) in [6.45, 7) is 0.109. The van der Waals surface area contributed by atoms with Gasteiger partial charge in [0.25, 0.3) is 0 Å². The molecule has 0 aliphatic carbocycles. The molecule has 2 heterocycles. The van der Waals surface area contributed by atoms with Gasteiger partial charge < -0.3 is 20.9 Å². The standard InChI is InChI=1S/C16H17F2N5O2S2/c1-25-6-9(5-24)20-13-12-14(21-15(19)27-12)23-16(22-13)26-7-8-3-2-4-10(17)11(8)18/h2-4,9,24H,5-7H2,1H3,(H3,19,20,21,22,23). The maximum absolute atomic E-state index is 13.8. The quantitative estimate of drug-likeness (QED) is 0.382. The molecule has 0 radical (unpaired) electrons. The van der Waals surface area contributed by atoms with Gasteiger partial charge >= 0.3 is 0 Å². The highest BCUT2D eigenvalue weighted by Gasteiger charge is 2.17. The Labute approximate surface area is 162 Å². The summed E-state index contributed by atoms with van der Waals surface area (Å²) in [4.78, 5) is 12.9. The third-order valence-corrected chi connectivity index (χ3v) is 5.34. The Morgan fingerprint density at radius 1 is 1.33 bits per heavy atom. The van der Waals surface area contributed by atoms with Gasteiger partial charge in [0.2, 0.25) is 0 Å². The largest absolute Gasteiger partial charge is 0.394 e. The van der Waals surface area contributed by atoms with E-state index in [0.717, 1.165) is 17.8 Å². The van der Waals surface area contributed by atoms with Crippen LogP contribution in [0.5, 0.6) is 0 Å². The molecule has 0 amide bonds. The molecule has 27 heavy (non-hydrogen) atoms. The number of aliphatic hydroxyl groups excluding tert-OH is 1. The van der Waals surface area contributed by atoms with Gasteiger partial charge in [0.05, 0.1) is 19.3 Å². The predicted molar refractivity (Wildman–Crippen MR) is 102 cm³/mol. The summed E-state index contributed by atoms with van der Waals surface area (Å²) < 4.78 is 32.9. The number of hydrogen-bond donors (Lipinski definition) is 3. The Hall–Kier alpha value is -2.08. The van der Waals surface area contributed by atoms with E-state index >= 15 is 0 Å². The molecule has 2 aromatic heterocycles. The molecule has 11 heteroatoms. The highest BCUT2D eigenvalue weighted by atomic mass is 32.2. The number of fused-ring (bicyclic) bond motifs is 1. The summed E-state index contributed by atoms with van der Waals surface area (Å²) in [6, 6.07) is 3.64. The molecule has 1 unspecified atom stereocenters. The highest BCUT2D eigenvalue weighted by Crippen LogP contribution is 2.32. The number of anilines is 2. The van der Waals surface area contributed by atoms with E-state index in [1.807, 2.05) is 0 Å². The van der Waals surface area contributed by atoms with Gasteiger partial charge in [-0.1, -0.05) is 35.2 Å². The van der Waals surface area contributed by atoms with Crippen LogP contribution in [0.15, 0.2) is 23.4 Å². The number of thioether (sulfide) groups is 1. The van der Waals surface area contributed by atoms with E-state index in [9.17, 15) is 13.9 Å². The number of hydrogen-bond acceptors (Lipinski definition) is 9. The average molecular weight is 413 g/mol. The third-order valence-electron chi connectivity index (χ3n) is 3.57. The van der Waals surface area contributed by atoms with Crippen LogP contribution in [0, 0.1) is 11.6 Å². The molecule has 1 atom stereocenters. The number of methoxy groups -OCH3 is 1. The Balaban J connectivity index is 1.88. The van der Waals surface area contributed by atoms with Crippen LogP contribution in [-0.2, 0) is 10.5 Å². The van der Waals surface area contributed by atoms with Crippen molar-refractivity contribution in [2.24, 2.45) is 0 Å². The zero-order valence-electron chi connectivity index (χ0n) is 14.3. The second-order valence-corrected chi connectivity index (χ2v) is 7.51. The Bertz CT molecular complexity index is 941. The molecule has 3 aromatic rings. The first-order valence-electron chi connectivity index (χ1n) is 7.88. The lowest BCUT2D eigenvalue weighted by Crippen LogP contribution is -2.29. The number of halogens is 2. The molecule has 0 saturated carbocycles. The van der Waals surface area contributed by atoms with Gasteiger partial charge in [-0.25, -0.2) is 23.7 Å². The number of aliphatic hydroxyl groups is 1. The third kappa shape index (κ3) is 4.61. The average Bonchev–Trinajstić information content (AvgIpc) is 3.03. The second-order valence-electron chi connectivity index (χ2n) is 5.54. The summed E-state index contributed by atoms with van der Waals surface area (Å²) in [5, 5.41) is 13.2. The molecule has 0 aliphatic rings. The normalized spacial score (nSPS) is 12.4. The van der Waals surface area contributed by atoms with Crippen LogP contribution >= 0.6 is 23.1 Å². The molecule has 0 spiro atoms. The fourth-order valence-electron chi connectivity index (χ4n) is 2.32. The number of nitrogens with two attached hydrogens (primary N) is 1. The van der Waals surface area contributed by atoms with Gasteiger partial charge in [-0.15, -0.1) is 0 Å². The topological polar surface area (TPSA) is 106 Å². The van der Waals surface area contributed by atoms with E-state index in [1.165, 1.54) is 30.6 Å². The van der Waals surface area contributed by atoms with E-state index in [2.05, 4.69) is 20.3 Å². The molecule has 1 aromatic carbocycles. The van der Waals surface area contributed by atoms with Gasteiger partial charge in [-0.2, -0.15) is 0 Å². The van der Waals surface area contributed by atoms with Gasteiger partial charge in [0, 0.05) is 18.4 Å². The van der Waals surface area contributed by atoms with E-state index in [-0.39, 0.29) is 30.6 Å². The number of thiazole rings is 1. The number of rotatable bonds is 8. The number of nitrogens with zero attached hydrogens (tertiary/aromatic N) is 3. The van der Waals surface area contributed by atoms with Crippen LogP contribution in [0.25, 0.3) is 10.3 Å². The predicted octanol–water partition coefficient (Wildman–Crippen LogP) is 2.66. The molecular formula is C16H17F2N5O2S2. The zero-order valence-corrected chi connectivity index (χ0v) is 15.9. The molecule has 0 saturated heterocycles. The summed E-state index contributed by atoms with van der Waals surface area (Å²) in [5.41, 5.74) is 6.38. The van der Waals surface area contributed by atoms with Crippen molar-refractivity contribution in [2.45, 2.75) is 17.0 Å². The second kappa shape index (κ2) is 8.74. The minimum absolute atomic E-state index is 0.148. The zero-order chi connectivity index (χ0) is 19.4. The van der Waals surface area contributed by atoms with Crippen molar-refractivity contribution in [3.63, 3.8) is 0 Å². The van der Waals surface area contributed by atoms with Gasteiger partial charge in [0.1, 0.15) is 4.70 Å². The summed E-state index contributed by atoms with van der Waals surface area (Å²) in [7, 11) is 1.53. The lowest BCUT2D eigenvalue weighted by atomic mass is 10.2. The van der Waals surface area contributed by atoms with Crippen molar-refractivity contribution in [1.29, 1.82) is 0 Å². The molecule has 0 aliphatic heterocycles. The first kappa shape index (κ1) is 19.7. The summed E-state index contributed by atoms with van der Waals surface area (Å²) in [6.07, 6.45) is 0. The minimum atomic E-state index is -0.899. The smallest absolute Gasteiger partial charge is 0.191 e. The Morgan fingerprint density at radius 2 is 2.15 bits per heavy atom. The lowest BCUT2D eigenvalue weighted by Gasteiger charge is -2.16. The van der Waals surface area contributed by atoms with Crippen LogP contribution in [0.2, 0.25) is 0 Å². The summed E-state index contributed by atoms with van der Waals surface area (Å²) in [5.74, 6) is -1.19. The number of benzene rings is 1. The van der Waals surface area contributed by atoms with Crippen molar-refractivity contribution < 1.29 is 18.6 Å². The van der Waals surface area contributed by atoms with Crippen molar-refractivity contribution in [3.05, 3.63) is 35.4 Å². The molecule has 144 valence electrons. The van der Waals surface area contributed by atoms with Crippen molar-refractivity contribution in [1.82, 2.24) is 15.0 Å². The SMILES string of the molecule is COCC(CO)Nc1nc(SCc2cccc(F)c2F)nc2nc(N)sc12. The first-order valence-corrected chi connectivity index (χ1v) is 9.68. The van der Waals surface area contributed by atoms with Crippen LogP contribution in [0.4, 0.5) is 19.7 Å². The monoisotopic (exact) mass is 413 g/mol. The number of ether oxygens (including phenoxy) is 1. The first-order chi connectivity index (χ1) is 13.0. The molecule has 0 fully saturated rings. The van der Waals surface area contributed by atoms with Crippen molar-refractivity contribution >= 4 is 44.4 Å². The van der Waals surface area contributed by atoms with E-state index < -0.39 is 11.6 Å². The molecular weight excluding hydrogens is 396 g/mol. The van der Waals surface area contributed by atoms with E-state index in [1.54, 1.807) is 0 Å². The summed E-state index contributed by atoms with van der Waals surface area (Å²) >= 11 is 2.36. The van der Waals surface area contributed by atoms with Gasteiger partial charge in [0.15, 0.2) is 33.4 Å². The van der Waals surface area contributed by atoms with E-state index in [4.69, 9.17) is 10.5 Å². The lowest BCUT2D eigenvalue weighted by molar-refractivity contribution is 0.153. The van der Waals surface area contributed by atoms with Gasteiger partial charge in [-0.3, -0.25) is 0 Å². The molecule has 0 bridgehead atoms. The number of nitrogen functional groups attached to an aromatic ring is 1. The molecule has 4 N–H and O–H groups in total. The van der Waals surface area contributed by atoms with Crippen molar-refractivity contribution in [3.8, 4) is 0 Å². The number of nitrogens with one attached hydrogen (secondary N) is 1. The molecule has 7 nitrogen and oxygen atoms in total. The fourth-order valence-corrected chi connectivity index (χ4v) is 3.86. The maximum atomic E-state index is 13.8.